The number of nitrogens with two attached hydrogens (primary N) is 3. The SMILES string of the molecule is Cc1noc(C)c1S(=O)(=O)NC[C@@H]1CCCN1CC[C@H](N)Cc1ccccc1F.N[C@@H](CCN1CCC[C@H]1CNS(=O)(=O)C1CC1)Cc1cc(F)c(F)cc1F.N[C@@H](CCN1CCOCC1CNS(=O)(=O)C1CC1)Cc1ccccc1F. The second kappa shape index (κ2) is 30.4. The van der Waals surface area contributed by atoms with Gasteiger partial charge in [-0.05, 0) is 165 Å². The highest BCUT2D eigenvalue weighted by Crippen LogP contribution is 2.29. The van der Waals surface area contributed by atoms with Gasteiger partial charge in [-0.3, -0.25) is 14.7 Å². The molecule has 458 valence electrons. The molecule has 0 bridgehead atoms. The number of rotatable bonds is 27. The van der Waals surface area contributed by atoms with Crippen LogP contribution in [0.3, 0.4) is 0 Å². The number of halogens is 5. The average Bonchev–Trinajstić information content (AvgIpc) is 4.39. The standard InChI is InChI=1S/C20H29FN4O3S.C18H26F3N3O2S.C18H28FN3O3S/c1-14-20(15(2)28-24-14)29(26,27)23-13-18-7-5-10-25(18)11-9-17(22)12-16-6-3-4-8-19(16)21;19-16-10-18(21)17(20)9-12(16)8-13(22)5-7-24-6-1-2-14(24)11-23-27(25,26)15-3-4-15;19-18-4-2-1-3-14(18)11-15(20)7-8-22-9-10-25-13-16(22)12-21-26(23,24)17-5-6-17/h3-4,6,8,17-18,23H,5,7,9-13,22H2,1-2H3;9-10,13-15,23H,1-8,11,22H2;1-4,15-17,21H,5-13,20H2/t17-,18-;13-,14-;15-,16?/m000/s1. The van der Waals surface area contributed by atoms with Crippen LogP contribution >= 0.6 is 0 Å². The molecule has 0 spiro atoms. The molecule has 0 amide bonds. The number of aryl methyl sites for hydroxylation is 2. The van der Waals surface area contributed by atoms with E-state index in [0.717, 1.165) is 103 Å². The molecule has 26 heteroatoms. The highest BCUT2D eigenvalue weighted by atomic mass is 32.2. The summed E-state index contributed by atoms with van der Waals surface area (Å²) in [6.45, 7) is 10.1. The molecule has 1 unspecified atom stereocenters. The van der Waals surface area contributed by atoms with Gasteiger partial charge in [-0.1, -0.05) is 41.6 Å². The van der Waals surface area contributed by atoms with Gasteiger partial charge >= 0.3 is 0 Å². The molecule has 1 aromatic heterocycles. The fourth-order valence-corrected chi connectivity index (χ4v) is 15.0. The second-order valence-electron chi connectivity index (χ2n) is 22.4. The lowest BCUT2D eigenvalue weighted by molar-refractivity contribution is -0.00613. The zero-order chi connectivity index (χ0) is 59.2. The molecule has 9 N–H and O–H groups in total. The summed E-state index contributed by atoms with van der Waals surface area (Å²) in [6, 6.07) is 14.4. The lowest BCUT2D eigenvalue weighted by Crippen LogP contribution is -2.52. The van der Waals surface area contributed by atoms with E-state index in [4.69, 9.17) is 26.5 Å². The fraction of sp³-hybridized carbons (Fsp3) is 0.625. The maximum atomic E-state index is 13.8. The Hall–Kier alpha value is -4.03. The minimum absolute atomic E-state index is 0.0120. The van der Waals surface area contributed by atoms with Crippen LogP contribution in [0.1, 0.15) is 98.8 Å². The van der Waals surface area contributed by atoms with Crippen molar-refractivity contribution in [3.63, 3.8) is 0 Å². The minimum atomic E-state index is -3.67. The van der Waals surface area contributed by atoms with E-state index in [1.165, 1.54) is 12.1 Å². The number of likely N-dealkylation sites (tertiary alicyclic amines) is 2. The molecule has 9 rings (SSSR count). The van der Waals surface area contributed by atoms with Crippen LogP contribution in [0.4, 0.5) is 22.0 Å². The van der Waals surface area contributed by atoms with Crippen molar-refractivity contribution in [1.29, 1.82) is 0 Å². The smallest absolute Gasteiger partial charge is 0.246 e. The van der Waals surface area contributed by atoms with Crippen molar-refractivity contribution in [1.82, 2.24) is 34.0 Å². The summed E-state index contributed by atoms with van der Waals surface area (Å²) in [5.41, 5.74) is 20.2. The van der Waals surface area contributed by atoms with Gasteiger partial charge in [0.1, 0.15) is 28.0 Å². The molecule has 4 aromatic rings. The van der Waals surface area contributed by atoms with E-state index < -0.39 is 53.6 Å². The predicted molar refractivity (Wildman–Crippen MR) is 304 cm³/mol. The van der Waals surface area contributed by atoms with E-state index in [1.54, 1.807) is 38.1 Å². The molecule has 5 aliphatic rings. The van der Waals surface area contributed by atoms with Crippen LogP contribution in [-0.2, 0) is 54.1 Å². The molecule has 5 fully saturated rings. The van der Waals surface area contributed by atoms with E-state index >= 15 is 0 Å². The first kappa shape index (κ1) is 65.5. The zero-order valence-corrected chi connectivity index (χ0v) is 49.4. The van der Waals surface area contributed by atoms with Gasteiger partial charge in [0.2, 0.25) is 30.1 Å². The van der Waals surface area contributed by atoms with Gasteiger partial charge in [-0.25, -0.2) is 61.4 Å². The Bertz CT molecular complexity index is 3010. The molecule has 4 heterocycles. The van der Waals surface area contributed by atoms with Crippen molar-refractivity contribution < 1.29 is 56.5 Å². The molecule has 2 saturated carbocycles. The van der Waals surface area contributed by atoms with Crippen molar-refractivity contribution in [2.24, 2.45) is 17.2 Å². The van der Waals surface area contributed by atoms with Gasteiger partial charge in [0.25, 0.3) is 0 Å². The normalized spacial score (nSPS) is 21.4. The molecule has 18 nitrogen and oxygen atoms in total. The van der Waals surface area contributed by atoms with Crippen LogP contribution in [0.2, 0.25) is 0 Å². The van der Waals surface area contributed by atoms with Crippen molar-refractivity contribution in [3.05, 3.63) is 118 Å². The number of sulfonamides is 3. The number of aromatic nitrogens is 1. The minimum Gasteiger partial charge on any atom is -0.378 e. The first-order valence-electron chi connectivity index (χ1n) is 28.6. The summed E-state index contributed by atoms with van der Waals surface area (Å²) in [6.07, 6.45) is 9.94. The van der Waals surface area contributed by atoms with Gasteiger partial charge in [0.05, 0.1) is 23.7 Å². The number of nitrogens with one attached hydrogen (secondary N) is 3. The number of hydrogen-bond acceptors (Lipinski definition) is 15. The van der Waals surface area contributed by atoms with Crippen LogP contribution in [0.15, 0.2) is 70.1 Å². The molecule has 82 heavy (non-hydrogen) atoms. The molecule has 3 aliphatic heterocycles. The topological polar surface area (TPSA) is 262 Å². The molecule has 2 aliphatic carbocycles. The highest BCUT2D eigenvalue weighted by molar-refractivity contribution is 7.90. The first-order chi connectivity index (χ1) is 39.0. The number of nitrogens with zero attached hydrogens (tertiary/aromatic N) is 4. The van der Waals surface area contributed by atoms with Crippen molar-refractivity contribution in [3.8, 4) is 0 Å². The lowest BCUT2D eigenvalue weighted by Gasteiger charge is -2.36. The fourth-order valence-electron chi connectivity index (χ4n) is 10.8. The third-order valence-electron chi connectivity index (χ3n) is 15.9. The largest absolute Gasteiger partial charge is 0.378 e. The number of ether oxygens (including phenoxy) is 1. The van der Waals surface area contributed by atoms with Gasteiger partial charge < -0.3 is 26.5 Å². The Kier molecular flexibility index (Phi) is 24.3. The van der Waals surface area contributed by atoms with E-state index in [1.807, 2.05) is 12.1 Å². The highest BCUT2D eigenvalue weighted by Gasteiger charge is 2.38. The Morgan fingerprint density at radius 2 is 1.00 bits per heavy atom. The van der Waals surface area contributed by atoms with E-state index in [2.05, 4.69) is 34.0 Å². The summed E-state index contributed by atoms with van der Waals surface area (Å²) >= 11 is 0. The van der Waals surface area contributed by atoms with Crippen LogP contribution in [-0.4, -0.2) is 164 Å². The van der Waals surface area contributed by atoms with Crippen molar-refractivity contribution in [2.75, 3.05) is 72.1 Å². The summed E-state index contributed by atoms with van der Waals surface area (Å²) in [5, 5.41) is 3.28. The van der Waals surface area contributed by atoms with E-state index in [0.29, 0.717) is 81.5 Å². The molecule has 3 saturated heterocycles. The molecular weight excluding hydrogens is 1130 g/mol. The Labute approximate surface area is 480 Å². The van der Waals surface area contributed by atoms with Crippen molar-refractivity contribution in [2.45, 2.75) is 155 Å². The average molecular weight is 1220 g/mol. The summed E-state index contributed by atoms with van der Waals surface area (Å²) in [5.74, 6) is -3.24. The van der Waals surface area contributed by atoms with Crippen LogP contribution in [0.25, 0.3) is 0 Å². The first-order valence-corrected chi connectivity index (χ1v) is 33.1. The van der Waals surface area contributed by atoms with Crippen LogP contribution < -0.4 is 31.4 Å². The van der Waals surface area contributed by atoms with Gasteiger partial charge in [0.15, 0.2) is 17.4 Å². The Balaban J connectivity index is 0.000000177. The molecule has 6 atom stereocenters. The van der Waals surface area contributed by atoms with Crippen molar-refractivity contribution >= 4 is 30.1 Å². The second-order valence-corrected chi connectivity index (χ2v) is 28.2. The summed E-state index contributed by atoms with van der Waals surface area (Å²) in [4.78, 5) is 6.79. The molecule has 0 radical (unpaired) electrons. The quantitative estimate of drug-likeness (QED) is 0.0342. The number of hydrogen-bond donors (Lipinski definition) is 6. The predicted octanol–water partition coefficient (Wildman–Crippen LogP) is 4.91. The monoisotopic (exact) mass is 1210 g/mol. The summed E-state index contributed by atoms with van der Waals surface area (Å²) < 4.78 is 159. The zero-order valence-electron chi connectivity index (χ0n) is 47.0. The number of benzene rings is 3. The third-order valence-corrected chi connectivity index (χ3v) is 21.4. The third kappa shape index (κ3) is 19.8. The van der Waals surface area contributed by atoms with E-state index in [9.17, 15) is 47.2 Å². The number of morpholine rings is 1. The Morgan fingerprint density at radius 1 is 0.561 bits per heavy atom. The van der Waals surface area contributed by atoms with E-state index in [-0.39, 0.29) is 75.0 Å². The maximum Gasteiger partial charge on any atom is 0.246 e. The van der Waals surface area contributed by atoms with Crippen LogP contribution in [0.5, 0.6) is 0 Å². The molecule has 3 aromatic carbocycles. The summed E-state index contributed by atoms with van der Waals surface area (Å²) in [7, 11) is -10.0. The van der Waals surface area contributed by atoms with Gasteiger partial charge in [-0.2, -0.15) is 0 Å². The maximum absolute atomic E-state index is 13.8. The Morgan fingerprint density at radius 3 is 1.46 bits per heavy atom. The van der Waals surface area contributed by atoms with Gasteiger partial charge in [0, 0.05) is 75.0 Å². The lowest BCUT2D eigenvalue weighted by atomic mass is 10.0. The molecular formula is C56H83F5N10O8S3. The van der Waals surface area contributed by atoms with Gasteiger partial charge in [-0.15, -0.1) is 0 Å². The van der Waals surface area contributed by atoms with Crippen LogP contribution in [0, 0.1) is 42.9 Å².